The van der Waals surface area contributed by atoms with Crippen molar-refractivity contribution in [2.45, 2.75) is 20.8 Å². The first-order valence-electron chi connectivity index (χ1n) is 6.89. The van der Waals surface area contributed by atoms with Crippen LogP contribution in [-0.4, -0.2) is 18.5 Å². The lowest BCUT2D eigenvalue weighted by Crippen LogP contribution is -2.16. The first-order chi connectivity index (χ1) is 10.9. The molecule has 1 aromatic heterocycles. The molecule has 0 aliphatic rings. The highest BCUT2D eigenvalue weighted by Gasteiger charge is 2.23. The molecule has 0 saturated heterocycles. The second-order valence-electron chi connectivity index (χ2n) is 4.76. The summed E-state index contributed by atoms with van der Waals surface area (Å²) in [5, 5.41) is 2.72. The number of amides is 1. The Morgan fingerprint density at radius 3 is 2.61 bits per heavy atom. The predicted octanol–water partition coefficient (Wildman–Crippen LogP) is 4.07. The highest BCUT2D eigenvalue weighted by Crippen LogP contribution is 2.33. The smallest absolute Gasteiger partial charge is 0.341 e. The standard InChI is InChI=1S/C16H15F2NO3S/c1-4-22-16(21)12-8(2)9(3)23-15(12)19-14(20)10-6-5-7-11(17)13(10)18/h5-7H,4H2,1-3H3,(H,19,20). The van der Waals surface area contributed by atoms with Crippen LogP contribution in [0.25, 0.3) is 0 Å². The quantitative estimate of drug-likeness (QED) is 0.854. The van der Waals surface area contributed by atoms with Gasteiger partial charge < -0.3 is 10.1 Å². The number of hydrogen-bond acceptors (Lipinski definition) is 4. The maximum Gasteiger partial charge on any atom is 0.341 e. The number of halogens is 2. The van der Waals surface area contributed by atoms with Gasteiger partial charge in [0.2, 0.25) is 0 Å². The molecule has 1 aromatic carbocycles. The van der Waals surface area contributed by atoms with E-state index < -0.39 is 29.1 Å². The van der Waals surface area contributed by atoms with Gasteiger partial charge in [-0.25, -0.2) is 13.6 Å². The van der Waals surface area contributed by atoms with Crippen molar-refractivity contribution in [1.29, 1.82) is 0 Å². The fourth-order valence-corrected chi connectivity index (χ4v) is 3.06. The summed E-state index contributed by atoms with van der Waals surface area (Å²) in [6, 6.07) is 3.34. The lowest BCUT2D eigenvalue weighted by Gasteiger charge is -2.08. The summed E-state index contributed by atoms with van der Waals surface area (Å²) in [7, 11) is 0. The third kappa shape index (κ3) is 3.39. The SMILES string of the molecule is CCOC(=O)c1c(NC(=O)c2cccc(F)c2F)sc(C)c1C. The molecule has 2 rings (SSSR count). The summed E-state index contributed by atoms with van der Waals surface area (Å²) >= 11 is 1.18. The van der Waals surface area contributed by atoms with Crippen molar-refractivity contribution in [2.75, 3.05) is 11.9 Å². The molecule has 0 atom stereocenters. The van der Waals surface area contributed by atoms with Crippen molar-refractivity contribution in [3.05, 3.63) is 51.4 Å². The molecule has 4 nitrogen and oxygen atoms in total. The summed E-state index contributed by atoms with van der Waals surface area (Å²) < 4.78 is 31.9. The van der Waals surface area contributed by atoms with E-state index in [1.807, 2.05) is 0 Å². The van der Waals surface area contributed by atoms with E-state index in [1.54, 1.807) is 20.8 Å². The van der Waals surface area contributed by atoms with Crippen molar-refractivity contribution < 1.29 is 23.1 Å². The Morgan fingerprint density at radius 2 is 1.96 bits per heavy atom. The number of aryl methyl sites for hydroxylation is 1. The molecule has 1 heterocycles. The van der Waals surface area contributed by atoms with Gasteiger partial charge in [0.25, 0.3) is 5.91 Å². The van der Waals surface area contributed by atoms with Crippen molar-refractivity contribution in [2.24, 2.45) is 0 Å². The van der Waals surface area contributed by atoms with E-state index in [4.69, 9.17) is 4.74 Å². The third-order valence-electron chi connectivity index (χ3n) is 3.29. The molecule has 0 radical (unpaired) electrons. The average molecular weight is 339 g/mol. The van der Waals surface area contributed by atoms with Gasteiger partial charge in [0.1, 0.15) is 5.00 Å². The monoisotopic (exact) mass is 339 g/mol. The molecule has 0 saturated carbocycles. The van der Waals surface area contributed by atoms with Crippen LogP contribution in [0.5, 0.6) is 0 Å². The van der Waals surface area contributed by atoms with Gasteiger partial charge in [-0.1, -0.05) is 6.07 Å². The van der Waals surface area contributed by atoms with Gasteiger partial charge in [-0.15, -0.1) is 11.3 Å². The molecule has 0 fully saturated rings. The Hall–Kier alpha value is -2.28. The van der Waals surface area contributed by atoms with Gasteiger partial charge >= 0.3 is 5.97 Å². The Morgan fingerprint density at radius 1 is 1.26 bits per heavy atom. The van der Waals surface area contributed by atoms with Gasteiger partial charge in [-0.2, -0.15) is 0 Å². The van der Waals surface area contributed by atoms with E-state index >= 15 is 0 Å². The fourth-order valence-electron chi connectivity index (χ4n) is 2.01. The highest BCUT2D eigenvalue weighted by atomic mass is 32.1. The van der Waals surface area contributed by atoms with E-state index in [9.17, 15) is 18.4 Å². The number of ether oxygens (including phenoxy) is 1. The van der Waals surface area contributed by atoms with Crippen LogP contribution in [0.1, 0.15) is 38.1 Å². The van der Waals surface area contributed by atoms with Crippen LogP contribution in [0.2, 0.25) is 0 Å². The molecule has 0 unspecified atom stereocenters. The molecule has 2 aromatic rings. The van der Waals surface area contributed by atoms with Crippen LogP contribution < -0.4 is 5.32 Å². The number of rotatable bonds is 4. The Bertz CT molecular complexity index is 771. The molecule has 1 N–H and O–H groups in total. The summed E-state index contributed by atoms with van der Waals surface area (Å²) in [5.74, 6) is -3.73. The molecule has 1 amide bonds. The van der Waals surface area contributed by atoms with Crippen LogP contribution >= 0.6 is 11.3 Å². The molecular formula is C16H15F2NO3S. The maximum atomic E-state index is 13.7. The van der Waals surface area contributed by atoms with Crippen molar-refractivity contribution in [3.8, 4) is 0 Å². The molecule has 0 spiro atoms. The van der Waals surface area contributed by atoms with E-state index in [0.717, 1.165) is 10.9 Å². The minimum atomic E-state index is -1.23. The lowest BCUT2D eigenvalue weighted by molar-refractivity contribution is 0.0527. The lowest BCUT2D eigenvalue weighted by atomic mass is 10.1. The molecule has 7 heteroatoms. The fraction of sp³-hybridized carbons (Fsp3) is 0.250. The van der Waals surface area contributed by atoms with Gasteiger partial charge in [0.15, 0.2) is 11.6 Å². The van der Waals surface area contributed by atoms with Crippen molar-refractivity contribution in [3.63, 3.8) is 0 Å². The summed E-state index contributed by atoms with van der Waals surface area (Å²) in [6.45, 7) is 5.39. The number of carbonyl (C=O) groups excluding carboxylic acids is 2. The Kier molecular flexibility index (Phi) is 5.10. The molecule has 0 aliphatic carbocycles. The van der Waals surface area contributed by atoms with E-state index in [-0.39, 0.29) is 17.2 Å². The average Bonchev–Trinajstić information content (AvgIpc) is 2.76. The molecule has 0 bridgehead atoms. The Labute approximate surface area is 136 Å². The van der Waals surface area contributed by atoms with Gasteiger partial charge in [0, 0.05) is 4.88 Å². The van der Waals surface area contributed by atoms with Crippen LogP contribution in [0.4, 0.5) is 13.8 Å². The van der Waals surface area contributed by atoms with E-state index in [0.29, 0.717) is 5.56 Å². The second-order valence-corrected chi connectivity index (χ2v) is 5.99. The normalized spacial score (nSPS) is 10.5. The minimum Gasteiger partial charge on any atom is -0.462 e. The maximum absolute atomic E-state index is 13.7. The number of nitrogens with one attached hydrogen (secondary N) is 1. The zero-order chi connectivity index (χ0) is 17.1. The van der Waals surface area contributed by atoms with Crippen LogP contribution in [0.15, 0.2) is 18.2 Å². The number of carbonyl (C=O) groups is 2. The first-order valence-corrected chi connectivity index (χ1v) is 7.70. The second kappa shape index (κ2) is 6.87. The number of anilines is 1. The van der Waals surface area contributed by atoms with Gasteiger partial charge in [-0.3, -0.25) is 4.79 Å². The summed E-state index contributed by atoms with van der Waals surface area (Å²) in [5.41, 5.74) is 0.492. The first kappa shape index (κ1) is 17.1. The van der Waals surface area contributed by atoms with E-state index in [2.05, 4.69) is 5.32 Å². The van der Waals surface area contributed by atoms with Crippen LogP contribution in [0, 0.1) is 25.5 Å². The van der Waals surface area contributed by atoms with Gasteiger partial charge in [0.05, 0.1) is 17.7 Å². The third-order valence-corrected chi connectivity index (χ3v) is 4.41. The number of benzene rings is 1. The van der Waals surface area contributed by atoms with Crippen LogP contribution in [0.3, 0.4) is 0 Å². The number of hydrogen-bond donors (Lipinski definition) is 1. The highest BCUT2D eigenvalue weighted by molar-refractivity contribution is 7.16. The molecular weight excluding hydrogens is 324 g/mol. The molecule has 0 aliphatic heterocycles. The summed E-state index contributed by atoms with van der Waals surface area (Å²) in [6.07, 6.45) is 0. The van der Waals surface area contributed by atoms with E-state index in [1.165, 1.54) is 23.5 Å². The summed E-state index contributed by atoms with van der Waals surface area (Å²) in [4.78, 5) is 25.0. The van der Waals surface area contributed by atoms with Crippen molar-refractivity contribution >= 4 is 28.2 Å². The minimum absolute atomic E-state index is 0.194. The van der Waals surface area contributed by atoms with Crippen molar-refractivity contribution in [1.82, 2.24) is 0 Å². The zero-order valence-electron chi connectivity index (χ0n) is 12.8. The number of esters is 1. The largest absolute Gasteiger partial charge is 0.462 e. The number of thiophene rings is 1. The van der Waals surface area contributed by atoms with Gasteiger partial charge in [-0.05, 0) is 38.5 Å². The topological polar surface area (TPSA) is 55.4 Å². The predicted molar refractivity (Wildman–Crippen MR) is 84.1 cm³/mol. The zero-order valence-corrected chi connectivity index (χ0v) is 13.6. The van der Waals surface area contributed by atoms with Crippen LogP contribution in [-0.2, 0) is 4.74 Å². The molecule has 122 valence electrons. The molecule has 23 heavy (non-hydrogen) atoms. The Balaban J connectivity index is 2.37.